The molecular formula is C12H21N3O2S. The van der Waals surface area contributed by atoms with Crippen LogP contribution in [0.15, 0.2) is 24.4 Å². The first-order valence-electron chi connectivity index (χ1n) is 6.22. The average Bonchev–Trinajstić information content (AvgIpc) is 2.36. The summed E-state index contributed by atoms with van der Waals surface area (Å²) in [5.74, 6) is 0.120. The Balaban J connectivity index is 2.21. The standard InChI is InChI=1S/C12H21N3O2S/c1-2-7-13-10-11-18(16,17)15-9-6-12-5-3-4-8-14-12/h3-5,8,13,15H,2,6-7,9-11H2,1H3. The van der Waals surface area contributed by atoms with Gasteiger partial charge >= 0.3 is 0 Å². The van der Waals surface area contributed by atoms with Gasteiger partial charge in [-0.15, -0.1) is 0 Å². The van der Waals surface area contributed by atoms with Crippen LogP contribution in [0.4, 0.5) is 0 Å². The Hall–Kier alpha value is -0.980. The van der Waals surface area contributed by atoms with Crippen molar-refractivity contribution in [1.82, 2.24) is 15.0 Å². The van der Waals surface area contributed by atoms with Gasteiger partial charge in [-0.2, -0.15) is 0 Å². The summed E-state index contributed by atoms with van der Waals surface area (Å²) in [4.78, 5) is 4.14. The van der Waals surface area contributed by atoms with Gasteiger partial charge in [0.2, 0.25) is 10.0 Å². The van der Waals surface area contributed by atoms with Crippen molar-refractivity contribution in [1.29, 1.82) is 0 Å². The monoisotopic (exact) mass is 271 g/mol. The van der Waals surface area contributed by atoms with Crippen molar-refractivity contribution in [3.8, 4) is 0 Å². The van der Waals surface area contributed by atoms with Gasteiger partial charge in [0.25, 0.3) is 0 Å². The van der Waals surface area contributed by atoms with E-state index < -0.39 is 10.0 Å². The molecule has 0 spiro atoms. The molecule has 18 heavy (non-hydrogen) atoms. The van der Waals surface area contributed by atoms with Crippen LogP contribution in [0.2, 0.25) is 0 Å². The van der Waals surface area contributed by atoms with E-state index in [1.807, 2.05) is 25.1 Å². The Morgan fingerprint density at radius 3 is 2.72 bits per heavy atom. The van der Waals surface area contributed by atoms with Crippen molar-refractivity contribution in [2.24, 2.45) is 0 Å². The third kappa shape index (κ3) is 6.68. The van der Waals surface area contributed by atoms with Crippen LogP contribution in [0, 0.1) is 0 Å². The highest BCUT2D eigenvalue weighted by atomic mass is 32.2. The van der Waals surface area contributed by atoms with Gasteiger partial charge in [0.1, 0.15) is 0 Å². The maximum Gasteiger partial charge on any atom is 0.212 e. The first-order chi connectivity index (χ1) is 8.64. The Morgan fingerprint density at radius 1 is 1.22 bits per heavy atom. The summed E-state index contributed by atoms with van der Waals surface area (Å²) in [5, 5.41) is 3.07. The highest BCUT2D eigenvalue weighted by Gasteiger charge is 2.08. The summed E-state index contributed by atoms with van der Waals surface area (Å²) in [6.07, 6.45) is 3.33. The number of hydrogen-bond acceptors (Lipinski definition) is 4. The van der Waals surface area contributed by atoms with Gasteiger partial charge < -0.3 is 5.32 Å². The van der Waals surface area contributed by atoms with Crippen LogP contribution in [0.1, 0.15) is 19.0 Å². The van der Waals surface area contributed by atoms with Crippen LogP contribution in [0.3, 0.4) is 0 Å². The summed E-state index contributed by atoms with van der Waals surface area (Å²) in [6.45, 7) is 3.79. The first-order valence-corrected chi connectivity index (χ1v) is 7.87. The number of pyridine rings is 1. The molecule has 2 N–H and O–H groups in total. The zero-order chi connectivity index (χ0) is 13.3. The van der Waals surface area contributed by atoms with Gasteiger partial charge in [-0.25, -0.2) is 13.1 Å². The SMILES string of the molecule is CCCNCCS(=O)(=O)NCCc1ccccn1. The third-order valence-corrected chi connectivity index (χ3v) is 3.79. The van der Waals surface area contributed by atoms with E-state index in [9.17, 15) is 8.42 Å². The van der Waals surface area contributed by atoms with Crippen molar-refractivity contribution >= 4 is 10.0 Å². The average molecular weight is 271 g/mol. The molecule has 0 amide bonds. The van der Waals surface area contributed by atoms with Crippen molar-refractivity contribution in [3.05, 3.63) is 30.1 Å². The lowest BCUT2D eigenvalue weighted by Crippen LogP contribution is -2.33. The van der Waals surface area contributed by atoms with E-state index in [1.165, 1.54) is 0 Å². The molecule has 0 atom stereocenters. The molecule has 0 radical (unpaired) electrons. The van der Waals surface area contributed by atoms with Gasteiger partial charge in [0, 0.05) is 31.4 Å². The van der Waals surface area contributed by atoms with Crippen LogP contribution in [-0.2, 0) is 16.4 Å². The summed E-state index contributed by atoms with van der Waals surface area (Å²) >= 11 is 0. The molecule has 5 nitrogen and oxygen atoms in total. The van der Waals surface area contributed by atoms with Crippen molar-refractivity contribution in [2.75, 3.05) is 25.4 Å². The zero-order valence-corrected chi connectivity index (χ0v) is 11.5. The fourth-order valence-electron chi connectivity index (χ4n) is 1.46. The summed E-state index contributed by atoms with van der Waals surface area (Å²) in [5.41, 5.74) is 0.893. The topological polar surface area (TPSA) is 71.1 Å². The summed E-state index contributed by atoms with van der Waals surface area (Å²) < 4.78 is 25.8. The fraction of sp³-hybridized carbons (Fsp3) is 0.583. The van der Waals surface area contributed by atoms with Crippen LogP contribution in [0.5, 0.6) is 0 Å². The van der Waals surface area contributed by atoms with E-state index in [0.29, 0.717) is 19.5 Å². The molecule has 0 aliphatic carbocycles. The molecule has 0 aromatic carbocycles. The maximum atomic E-state index is 11.6. The Bertz CT molecular complexity index is 420. The molecule has 6 heteroatoms. The summed E-state index contributed by atoms with van der Waals surface area (Å²) in [7, 11) is -3.17. The number of sulfonamides is 1. The molecule has 0 saturated heterocycles. The van der Waals surface area contributed by atoms with Gasteiger partial charge in [-0.3, -0.25) is 4.98 Å². The van der Waals surface area contributed by atoms with Crippen molar-refractivity contribution < 1.29 is 8.42 Å². The maximum absolute atomic E-state index is 11.6. The highest BCUT2D eigenvalue weighted by molar-refractivity contribution is 7.89. The molecule has 102 valence electrons. The minimum atomic E-state index is -3.17. The molecule has 0 aliphatic rings. The van der Waals surface area contributed by atoms with E-state index in [2.05, 4.69) is 15.0 Å². The Labute approximate surface area is 109 Å². The fourth-order valence-corrected chi connectivity index (χ4v) is 2.43. The molecular weight excluding hydrogens is 250 g/mol. The van der Waals surface area contributed by atoms with Gasteiger partial charge in [0.05, 0.1) is 5.75 Å². The minimum Gasteiger partial charge on any atom is -0.316 e. The van der Waals surface area contributed by atoms with Gasteiger partial charge in [-0.05, 0) is 25.1 Å². The largest absolute Gasteiger partial charge is 0.316 e. The highest BCUT2D eigenvalue weighted by Crippen LogP contribution is 1.94. The van der Waals surface area contributed by atoms with Crippen molar-refractivity contribution in [3.63, 3.8) is 0 Å². The molecule has 0 bridgehead atoms. The molecule has 0 saturated carbocycles. The predicted molar refractivity (Wildman–Crippen MR) is 72.9 cm³/mol. The van der Waals surface area contributed by atoms with Crippen LogP contribution >= 0.6 is 0 Å². The lowest BCUT2D eigenvalue weighted by molar-refractivity contribution is 0.576. The first kappa shape index (κ1) is 15.1. The summed E-state index contributed by atoms with van der Waals surface area (Å²) in [6, 6.07) is 5.62. The number of nitrogens with zero attached hydrogens (tertiary/aromatic N) is 1. The number of hydrogen-bond donors (Lipinski definition) is 2. The normalized spacial score (nSPS) is 11.6. The Kier molecular flexibility index (Phi) is 6.85. The molecule has 0 unspecified atom stereocenters. The molecule has 1 rings (SSSR count). The van der Waals surface area contributed by atoms with Crippen LogP contribution in [-0.4, -0.2) is 38.8 Å². The number of nitrogens with one attached hydrogen (secondary N) is 2. The van der Waals surface area contributed by atoms with E-state index >= 15 is 0 Å². The number of rotatable bonds is 9. The third-order valence-electron chi connectivity index (χ3n) is 2.40. The molecule has 0 fully saturated rings. The minimum absolute atomic E-state index is 0.120. The second-order valence-corrected chi connectivity index (χ2v) is 5.96. The van der Waals surface area contributed by atoms with E-state index in [1.54, 1.807) is 6.20 Å². The van der Waals surface area contributed by atoms with E-state index in [0.717, 1.165) is 18.7 Å². The second-order valence-electron chi connectivity index (χ2n) is 4.03. The van der Waals surface area contributed by atoms with E-state index in [-0.39, 0.29) is 5.75 Å². The van der Waals surface area contributed by atoms with Gasteiger partial charge in [-0.1, -0.05) is 13.0 Å². The molecule has 0 aliphatic heterocycles. The van der Waals surface area contributed by atoms with E-state index in [4.69, 9.17) is 0 Å². The van der Waals surface area contributed by atoms with Crippen LogP contribution in [0.25, 0.3) is 0 Å². The zero-order valence-electron chi connectivity index (χ0n) is 10.7. The van der Waals surface area contributed by atoms with Crippen LogP contribution < -0.4 is 10.0 Å². The molecule has 1 aromatic rings. The smallest absolute Gasteiger partial charge is 0.212 e. The second kappa shape index (κ2) is 8.18. The van der Waals surface area contributed by atoms with Crippen molar-refractivity contribution in [2.45, 2.75) is 19.8 Å². The lowest BCUT2D eigenvalue weighted by Gasteiger charge is -2.07. The quantitative estimate of drug-likeness (QED) is 0.643. The predicted octanol–water partition coefficient (Wildman–Crippen LogP) is 0.543. The number of aromatic nitrogens is 1. The lowest BCUT2D eigenvalue weighted by atomic mass is 10.3. The molecule has 1 aromatic heterocycles. The molecule has 1 heterocycles. The Morgan fingerprint density at radius 2 is 2.06 bits per heavy atom. The van der Waals surface area contributed by atoms with Gasteiger partial charge in [0.15, 0.2) is 0 Å².